The summed E-state index contributed by atoms with van der Waals surface area (Å²) < 4.78 is 0. The van der Waals surface area contributed by atoms with E-state index in [0.29, 0.717) is 12.6 Å². The summed E-state index contributed by atoms with van der Waals surface area (Å²) in [6, 6.07) is 6.63. The third-order valence-corrected chi connectivity index (χ3v) is 3.74. The van der Waals surface area contributed by atoms with Crippen LogP contribution in [0.5, 0.6) is 0 Å². The van der Waals surface area contributed by atoms with Crippen molar-refractivity contribution in [2.75, 3.05) is 27.2 Å². The summed E-state index contributed by atoms with van der Waals surface area (Å²) >= 11 is 6.33. The molecule has 0 amide bonds. The van der Waals surface area contributed by atoms with Crippen LogP contribution in [-0.4, -0.2) is 43.0 Å². The largest absolute Gasteiger partial charge is 0.326 e. The minimum atomic E-state index is 0.505. The number of hydrogen-bond donors (Lipinski definition) is 1. The van der Waals surface area contributed by atoms with Gasteiger partial charge in [-0.15, -0.1) is 0 Å². The lowest BCUT2D eigenvalue weighted by Gasteiger charge is -2.30. The zero-order chi connectivity index (χ0) is 14.4. The molecule has 0 saturated heterocycles. The number of rotatable bonds is 7. The Morgan fingerprint density at radius 3 is 2.47 bits per heavy atom. The van der Waals surface area contributed by atoms with Gasteiger partial charge in [-0.25, -0.2) is 0 Å². The second-order valence-electron chi connectivity index (χ2n) is 5.30. The Morgan fingerprint density at radius 2 is 2.00 bits per heavy atom. The van der Waals surface area contributed by atoms with Crippen molar-refractivity contribution in [2.24, 2.45) is 5.73 Å². The predicted molar refractivity (Wildman–Crippen MR) is 83.4 cm³/mol. The highest BCUT2D eigenvalue weighted by Gasteiger charge is 2.14. The number of nitrogens with zero attached hydrogens (tertiary/aromatic N) is 2. The Labute approximate surface area is 122 Å². The van der Waals surface area contributed by atoms with Gasteiger partial charge in [0.2, 0.25) is 0 Å². The number of nitrogens with two attached hydrogens (primary N) is 1. The maximum Gasteiger partial charge on any atom is 0.0454 e. The van der Waals surface area contributed by atoms with Gasteiger partial charge in [0.05, 0.1) is 0 Å². The van der Waals surface area contributed by atoms with Crippen molar-refractivity contribution in [3.63, 3.8) is 0 Å². The van der Waals surface area contributed by atoms with Gasteiger partial charge < -0.3 is 10.6 Å². The summed E-state index contributed by atoms with van der Waals surface area (Å²) in [7, 11) is 4.21. The molecule has 4 heteroatoms. The molecule has 0 heterocycles. The van der Waals surface area contributed by atoms with E-state index in [4.69, 9.17) is 17.3 Å². The van der Waals surface area contributed by atoms with E-state index >= 15 is 0 Å². The molecule has 19 heavy (non-hydrogen) atoms. The summed E-state index contributed by atoms with van der Waals surface area (Å²) in [4.78, 5) is 4.65. The minimum absolute atomic E-state index is 0.505. The second-order valence-corrected chi connectivity index (χ2v) is 5.71. The highest BCUT2D eigenvalue weighted by molar-refractivity contribution is 6.31. The SMILES string of the molecule is CCN(Cc1ccc(CN)cc1Cl)C(C)CN(C)C. The summed E-state index contributed by atoms with van der Waals surface area (Å²) in [5.41, 5.74) is 7.88. The molecule has 1 rings (SSSR count). The molecule has 1 atom stereocenters. The van der Waals surface area contributed by atoms with E-state index in [-0.39, 0.29) is 0 Å². The molecule has 0 aliphatic rings. The van der Waals surface area contributed by atoms with Crippen molar-refractivity contribution in [3.8, 4) is 0 Å². The molecule has 1 aromatic carbocycles. The summed E-state index contributed by atoms with van der Waals surface area (Å²) in [5.74, 6) is 0. The lowest BCUT2D eigenvalue weighted by molar-refractivity contribution is 0.174. The van der Waals surface area contributed by atoms with Crippen molar-refractivity contribution in [3.05, 3.63) is 34.3 Å². The van der Waals surface area contributed by atoms with E-state index < -0.39 is 0 Å². The van der Waals surface area contributed by atoms with Gasteiger partial charge >= 0.3 is 0 Å². The molecule has 0 spiro atoms. The van der Waals surface area contributed by atoms with Crippen molar-refractivity contribution < 1.29 is 0 Å². The van der Waals surface area contributed by atoms with Gasteiger partial charge in [0.25, 0.3) is 0 Å². The molecular weight excluding hydrogens is 258 g/mol. The molecule has 0 radical (unpaired) electrons. The topological polar surface area (TPSA) is 32.5 Å². The first-order valence-electron chi connectivity index (χ1n) is 6.84. The monoisotopic (exact) mass is 283 g/mol. The number of hydrogen-bond acceptors (Lipinski definition) is 3. The quantitative estimate of drug-likeness (QED) is 0.835. The van der Waals surface area contributed by atoms with E-state index in [1.54, 1.807) is 0 Å². The van der Waals surface area contributed by atoms with E-state index in [0.717, 1.165) is 30.2 Å². The van der Waals surface area contributed by atoms with E-state index in [2.05, 4.69) is 49.9 Å². The van der Waals surface area contributed by atoms with Crippen LogP contribution in [0.3, 0.4) is 0 Å². The first-order chi connectivity index (χ1) is 8.97. The van der Waals surface area contributed by atoms with E-state index in [1.165, 1.54) is 5.56 Å². The predicted octanol–water partition coefficient (Wildman–Crippen LogP) is 2.57. The van der Waals surface area contributed by atoms with Gasteiger partial charge in [0.1, 0.15) is 0 Å². The normalized spacial score (nSPS) is 13.3. The summed E-state index contributed by atoms with van der Waals surface area (Å²) in [5, 5.41) is 0.818. The Kier molecular flexibility index (Phi) is 6.80. The molecular formula is C15H26ClN3. The molecule has 0 fully saturated rings. The molecule has 1 aromatic rings. The zero-order valence-electron chi connectivity index (χ0n) is 12.5. The minimum Gasteiger partial charge on any atom is -0.326 e. The third kappa shape index (κ3) is 5.11. The summed E-state index contributed by atoms with van der Waals surface area (Å²) in [6.45, 7) is 7.93. The Bertz CT molecular complexity index is 393. The first kappa shape index (κ1) is 16.4. The van der Waals surface area contributed by atoms with Crippen LogP contribution in [0.1, 0.15) is 25.0 Å². The van der Waals surface area contributed by atoms with Gasteiger partial charge in [-0.05, 0) is 44.8 Å². The molecule has 0 aromatic heterocycles. The maximum atomic E-state index is 6.33. The molecule has 3 nitrogen and oxygen atoms in total. The van der Waals surface area contributed by atoms with Crippen LogP contribution < -0.4 is 5.73 Å². The average Bonchev–Trinajstić information content (AvgIpc) is 2.36. The van der Waals surface area contributed by atoms with Crippen molar-refractivity contribution in [1.82, 2.24) is 9.80 Å². The van der Waals surface area contributed by atoms with E-state index in [1.807, 2.05) is 6.07 Å². The third-order valence-electron chi connectivity index (χ3n) is 3.39. The van der Waals surface area contributed by atoms with Crippen LogP contribution in [-0.2, 0) is 13.1 Å². The van der Waals surface area contributed by atoms with Crippen LogP contribution in [0.2, 0.25) is 5.02 Å². The number of likely N-dealkylation sites (N-methyl/N-ethyl adjacent to an activating group) is 2. The molecule has 0 bridgehead atoms. The standard InChI is InChI=1S/C15H26ClN3/c1-5-19(12(2)10-18(3)4)11-14-7-6-13(9-17)8-15(14)16/h6-8,12H,5,9-11,17H2,1-4H3. The Balaban J connectivity index is 2.75. The van der Waals surface area contributed by atoms with Crippen molar-refractivity contribution >= 4 is 11.6 Å². The lowest BCUT2D eigenvalue weighted by atomic mass is 10.1. The van der Waals surface area contributed by atoms with Crippen LogP contribution in [0.15, 0.2) is 18.2 Å². The first-order valence-corrected chi connectivity index (χ1v) is 7.21. The van der Waals surface area contributed by atoms with Crippen LogP contribution >= 0.6 is 11.6 Å². The van der Waals surface area contributed by atoms with Crippen molar-refractivity contribution in [2.45, 2.75) is 33.0 Å². The van der Waals surface area contributed by atoms with Crippen LogP contribution in [0, 0.1) is 0 Å². The molecule has 2 N–H and O–H groups in total. The highest BCUT2D eigenvalue weighted by atomic mass is 35.5. The fourth-order valence-electron chi connectivity index (χ4n) is 2.29. The molecule has 0 aliphatic carbocycles. The van der Waals surface area contributed by atoms with Gasteiger partial charge in [0.15, 0.2) is 0 Å². The lowest BCUT2D eigenvalue weighted by Crippen LogP contribution is -2.39. The second kappa shape index (κ2) is 7.85. The molecule has 1 unspecified atom stereocenters. The van der Waals surface area contributed by atoms with Gasteiger partial charge in [-0.2, -0.15) is 0 Å². The fourth-order valence-corrected chi connectivity index (χ4v) is 2.55. The number of halogens is 1. The van der Waals surface area contributed by atoms with Gasteiger partial charge in [-0.3, -0.25) is 4.90 Å². The van der Waals surface area contributed by atoms with E-state index in [9.17, 15) is 0 Å². The Morgan fingerprint density at radius 1 is 1.32 bits per heavy atom. The van der Waals surface area contributed by atoms with Crippen LogP contribution in [0.4, 0.5) is 0 Å². The van der Waals surface area contributed by atoms with Crippen LogP contribution in [0.25, 0.3) is 0 Å². The molecule has 108 valence electrons. The Hall–Kier alpha value is -0.610. The fraction of sp³-hybridized carbons (Fsp3) is 0.600. The zero-order valence-corrected chi connectivity index (χ0v) is 13.2. The average molecular weight is 284 g/mol. The van der Waals surface area contributed by atoms with Crippen molar-refractivity contribution in [1.29, 1.82) is 0 Å². The smallest absolute Gasteiger partial charge is 0.0454 e. The highest BCUT2D eigenvalue weighted by Crippen LogP contribution is 2.20. The summed E-state index contributed by atoms with van der Waals surface area (Å²) in [6.07, 6.45) is 0. The molecule has 0 aliphatic heterocycles. The number of benzene rings is 1. The van der Waals surface area contributed by atoms with Gasteiger partial charge in [-0.1, -0.05) is 30.7 Å². The molecule has 0 saturated carbocycles. The van der Waals surface area contributed by atoms with Gasteiger partial charge in [0, 0.05) is 30.7 Å². The maximum absolute atomic E-state index is 6.33.